The Hall–Kier alpha value is -3.55. The number of carbonyl (C=O) groups is 3. The molecule has 0 aliphatic rings. The zero-order valence-corrected chi connectivity index (χ0v) is 18.0. The third-order valence-electron chi connectivity index (χ3n) is 4.28. The number of rotatable bonds is 11. The summed E-state index contributed by atoms with van der Waals surface area (Å²) in [6, 6.07) is 11.6. The first-order valence-electron chi connectivity index (χ1n) is 10.1. The van der Waals surface area contributed by atoms with Crippen molar-refractivity contribution in [1.82, 2.24) is 10.9 Å². The highest BCUT2D eigenvalue weighted by molar-refractivity contribution is 5.96. The van der Waals surface area contributed by atoms with Gasteiger partial charge in [0.25, 0.3) is 5.91 Å². The standard InChI is InChI=1S/C23H28N2O6/c1-4-13-31-20-12-9-18(15-21(20)29-3)23(28)25-24-22(27)6-5-14-30-19-10-7-17(8-11-19)16(2)26/h7-12,15H,4-6,13-14H2,1-3H3,(H,24,27)(H,25,28). The monoisotopic (exact) mass is 428 g/mol. The molecule has 2 aromatic carbocycles. The van der Waals surface area contributed by atoms with E-state index in [1.165, 1.54) is 14.0 Å². The Morgan fingerprint density at radius 3 is 2.23 bits per heavy atom. The van der Waals surface area contributed by atoms with Crippen LogP contribution in [0.5, 0.6) is 17.2 Å². The molecule has 31 heavy (non-hydrogen) atoms. The van der Waals surface area contributed by atoms with Gasteiger partial charge in [-0.2, -0.15) is 0 Å². The van der Waals surface area contributed by atoms with Crippen LogP contribution in [0.1, 0.15) is 53.8 Å². The molecule has 2 rings (SSSR count). The molecule has 2 N–H and O–H groups in total. The summed E-state index contributed by atoms with van der Waals surface area (Å²) in [5.41, 5.74) is 5.71. The summed E-state index contributed by atoms with van der Waals surface area (Å²) < 4.78 is 16.4. The van der Waals surface area contributed by atoms with E-state index in [0.29, 0.717) is 48.0 Å². The zero-order chi connectivity index (χ0) is 22.6. The van der Waals surface area contributed by atoms with Gasteiger partial charge in [-0.3, -0.25) is 25.2 Å². The second-order valence-electron chi connectivity index (χ2n) is 6.75. The lowest BCUT2D eigenvalue weighted by molar-refractivity contribution is -0.122. The number of methoxy groups -OCH3 is 1. The summed E-state index contributed by atoms with van der Waals surface area (Å²) in [6.07, 6.45) is 1.50. The van der Waals surface area contributed by atoms with E-state index in [1.54, 1.807) is 42.5 Å². The van der Waals surface area contributed by atoms with E-state index in [2.05, 4.69) is 10.9 Å². The maximum absolute atomic E-state index is 12.3. The third-order valence-corrected chi connectivity index (χ3v) is 4.28. The Labute approximate surface area is 181 Å². The number of hydrazine groups is 1. The highest BCUT2D eigenvalue weighted by atomic mass is 16.5. The Bertz CT molecular complexity index is 895. The first kappa shape index (κ1) is 23.7. The molecule has 0 fully saturated rings. The van der Waals surface area contributed by atoms with E-state index in [4.69, 9.17) is 14.2 Å². The molecule has 0 bridgehead atoms. The van der Waals surface area contributed by atoms with Crippen LogP contribution < -0.4 is 25.1 Å². The fourth-order valence-corrected chi connectivity index (χ4v) is 2.61. The van der Waals surface area contributed by atoms with Gasteiger partial charge in [0.1, 0.15) is 5.75 Å². The normalized spacial score (nSPS) is 10.2. The first-order chi connectivity index (χ1) is 14.9. The van der Waals surface area contributed by atoms with Gasteiger partial charge < -0.3 is 14.2 Å². The second kappa shape index (κ2) is 12.2. The minimum atomic E-state index is -0.462. The van der Waals surface area contributed by atoms with Crippen molar-refractivity contribution >= 4 is 17.6 Å². The third kappa shape index (κ3) is 7.65. The van der Waals surface area contributed by atoms with Gasteiger partial charge in [0.2, 0.25) is 5.91 Å². The van der Waals surface area contributed by atoms with Crippen LogP contribution in [-0.2, 0) is 4.79 Å². The number of ketones is 1. The molecule has 2 aromatic rings. The van der Waals surface area contributed by atoms with Crippen molar-refractivity contribution < 1.29 is 28.6 Å². The predicted octanol–water partition coefficient (Wildman–Crippen LogP) is 3.31. The molecular formula is C23H28N2O6. The number of Topliss-reactive ketones (excluding diaryl/α,β-unsaturated/α-hetero) is 1. The number of hydrogen-bond acceptors (Lipinski definition) is 6. The van der Waals surface area contributed by atoms with E-state index in [9.17, 15) is 14.4 Å². The highest BCUT2D eigenvalue weighted by Gasteiger charge is 2.12. The summed E-state index contributed by atoms with van der Waals surface area (Å²) in [6.45, 7) is 4.37. The second-order valence-corrected chi connectivity index (χ2v) is 6.75. The van der Waals surface area contributed by atoms with Crippen LogP contribution in [-0.4, -0.2) is 37.9 Å². The van der Waals surface area contributed by atoms with Crippen LogP contribution in [0.15, 0.2) is 42.5 Å². The van der Waals surface area contributed by atoms with Gasteiger partial charge in [-0.25, -0.2) is 0 Å². The van der Waals surface area contributed by atoms with Crippen molar-refractivity contribution in [2.75, 3.05) is 20.3 Å². The van der Waals surface area contributed by atoms with E-state index < -0.39 is 5.91 Å². The smallest absolute Gasteiger partial charge is 0.269 e. The van der Waals surface area contributed by atoms with Crippen LogP contribution in [0.2, 0.25) is 0 Å². The molecule has 8 heteroatoms. The van der Waals surface area contributed by atoms with Crippen molar-refractivity contribution in [2.45, 2.75) is 33.1 Å². The number of nitrogens with one attached hydrogen (secondary N) is 2. The Morgan fingerprint density at radius 2 is 1.58 bits per heavy atom. The van der Waals surface area contributed by atoms with Gasteiger partial charge in [-0.1, -0.05) is 6.92 Å². The molecular weight excluding hydrogens is 400 g/mol. The quantitative estimate of drug-likeness (QED) is 0.323. The molecule has 0 aromatic heterocycles. The number of hydrogen-bond donors (Lipinski definition) is 2. The van der Waals surface area contributed by atoms with Crippen LogP contribution >= 0.6 is 0 Å². The summed E-state index contributed by atoms with van der Waals surface area (Å²) in [4.78, 5) is 35.5. The van der Waals surface area contributed by atoms with Gasteiger partial charge in [0.05, 0.1) is 20.3 Å². The number of carbonyl (C=O) groups excluding carboxylic acids is 3. The van der Waals surface area contributed by atoms with E-state index in [-0.39, 0.29) is 18.1 Å². The minimum Gasteiger partial charge on any atom is -0.494 e. The zero-order valence-electron chi connectivity index (χ0n) is 18.0. The van der Waals surface area contributed by atoms with Crippen LogP contribution in [0, 0.1) is 0 Å². The van der Waals surface area contributed by atoms with Gasteiger partial charge in [-0.15, -0.1) is 0 Å². The largest absolute Gasteiger partial charge is 0.494 e. The molecule has 0 atom stereocenters. The summed E-state index contributed by atoms with van der Waals surface area (Å²) in [7, 11) is 1.50. The molecule has 0 aliphatic carbocycles. The highest BCUT2D eigenvalue weighted by Crippen LogP contribution is 2.28. The van der Waals surface area contributed by atoms with Crippen molar-refractivity contribution in [3.63, 3.8) is 0 Å². The lowest BCUT2D eigenvalue weighted by Gasteiger charge is -2.12. The maximum atomic E-state index is 12.3. The summed E-state index contributed by atoms with van der Waals surface area (Å²) in [5.74, 6) is 0.819. The lowest BCUT2D eigenvalue weighted by Crippen LogP contribution is -2.41. The van der Waals surface area contributed by atoms with E-state index in [0.717, 1.165) is 6.42 Å². The predicted molar refractivity (Wildman–Crippen MR) is 116 cm³/mol. The SMILES string of the molecule is CCCOc1ccc(C(=O)NNC(=O)CCCOc2ccc(C(C)=O)cc2)cc1OC. The van der Waals surface area contributed by atoms with Gasteiger partial charge in [0, 0.05) is 17.5 Å². The summed E-state index contributed by atoms with van der Waals surface area (Å²) in [5, 5.41) is 0. The molecule has 0 radical (unpaired) electrons. The Kier molecular flexibility index (Phi) is 9.35. The van der Waals surface area contributed by atoms with Crippen LogP contribution in [0.3, 0.4) is 0 Å². The fourth-order valence-electron chi connectivity index (χ4n) is 2.61. The van der Waals surface area contributed by atoms with Crippen LogP contribution in [0.4, 0.5) is 0 Å². The molecule has 0 saturated heterocycles. The summed E-state index contributed by atoms with van der Waals surface area (Å²) >= 11 is 0. The van der Waals surface area contributed by atoms with Gasteiger partial charge in [0.15, 0.2) is 17.3 Å². The van der Waals surface area contributed by atoms with Crippen molar-refractivity contribution in [3.05, 3.63) is 53.6 Å². The number of benzene rings is 2. The molecule has 0 spiro atoms. The number of amides is 2. The van der Waals surface area contributed by atoms with Crippen LogP contribution in [0.25, 0.3) is 0 Å². The molecule has 166 valence electrons. The van der Waals surface area contributed by atoms with E-state index in [1.807, 2.05) is 6.92 Å². The Balaban J connectivity index is 1.73. The average molecular weight is 428 g/mol. The van der Waals surface area contributed by atoms with E-state index >= 15 is 0 Å². The first-order valence-corrected chi connectivity index (χ1v) is 10.1. The molecule has 0 unspecified atom stereocenters. The average Bonchev–Trinajstić information content (AvgIpc) is 2.79. The topological polar surface area (TPSA) is 103 Å². The molecule has 0 aliphatic heterocycles. The van der Waals surface area contributed by atoms with Gasteiger partial charge in [-0.05, 0) is 62.2 Å². The lowest BCUT2D eigenvalue weighted by atomic mass is 10.1. The van der Waals surface area contributed by atoms with Crippen molar-refractivity contribution in [1.29, 1.82) is 0 Å². The number of ether oxygens (including phenoxy) is 3. The maximum Gasteiger partial charge on any atom is 0.269 e. The molecule has 2 amide bonds. The Morgan fingerprint density at radius 1 is 0.871 bits per heavy atom. The molecule has 8 nitrogen and oxygen atoms in total. The molecule has 0 saturated carbocycles. The fraction of sp³-hybridized carbons (Fsp3) is 0.348. The minimum absolute atomic E-state index is 0.00974. The van der Waals surface area contributed by atoms with Gasteiger partial charge >= 0.3 is 0 Å². The van der Waals surface area contributed by atoms with Crippen molar-refractivity contribution in [2.24, 2.45) is 0 Å². The molecule has 0 heterocycles. The van der Waals surface area contributed by atoms with Crippen molar-refractivity contribution in [3.8, 4) is 17.2 Å².